The van der Waals surface area contributed by atoms with Crippen LogP contribution in [0.25, 0.3) is 0 Å². The Bertz CT molecular complexity index is 171. The molecule has 0 saturated carbocycles. The summed E-state index contributed by atoms with van der Waals surface area (Å²) >= 11 is 0. The second-order valence-corrected chi connectivity index (χ2v) is 5.41. The molecule has 0 radical (unpaired) electrons. The van der Waals surface area contributed by atoms with Crippen molar-refractivity contribution in [2.24, 2.45) is 0 Å². The summed E-state index contributed by atoms with van der Waals surface area (Å²) in [6, 6.07) is 0. The van der Waals surface area contributed by atoms with Gasteiger partial charge in [0.15, 0.2) is 0 Å². The molecule has 0 aromatic heterocycles. The van der Waals surface area contributed by atoms with Gasteiger partial charge in [0.25, 0.3) is 0 Å². The zero-order valence-corrected chi connectivity index (χ0v) is 12.9. The zero-order chi connectivity index (χ0) is 13.9. The second kappa shape index (κ2) is 10.7. The first-order valence-electron chi connectivity index (χ1n) is 7.12. The fourth-order valence-corrected chi connectivity index (χ4v) is 1.60. The van der Waals surface area contributed by atoms with Gasteiger partial charge in [-0.3, -0.25) is 4.90 Å². The summed E-state index contributed by atoms with van der Waals surface area (Å²) in [5, 5.41) is 3.51. The van der Waals surface area contributed by atoms with Crippen LogP contribution in [-0.4, -0.2) is 63.0 Å². The fraction of sp³-hybridized carbons (Fsp3) is 1.00. The lowest BCUT2D eigenvalue weighted by Gasteiger charge is -2.26. The van der Waals surface area contributed by atoms with Crippen LogP contribution in [0.2, 0.25) is 0 Å². The van der Waals surface area contributed by atoms with Crippen LogP contribution in [-0.2, 0) is 9.47 Å². The standard InChI is InChI=1S/C14H32N2O2/c1-6-17-12-10-16(11-13-18-7-2)9-8-15-14(3,4)5/h15H,6-13H2,1-5H3. The lowest BCUT2D eigenvalue weighted by atomic mass is 10.1. The Labute approximate surface area is 113 Å². The summed E-state index contributed by atoms with van der Waals surface area (Å²) in [6.07, 6.45) is 0. The van der Waals surface area contributed by atoms with Gasteiger partial charge in [0.2, 0.25) is 0 Å². The molecule has 0 unspecified atom stereocenters. The lowest BCUT2D eigenvalue weighted by molar-refractivity contribution is 0.0825. The summed E-state index contributed by atoms with van der Waals surface area (Å²) in [4.78, 5) is 2.39. The fourth-order valence-electron chi connectivity index (χ4n) is 1.60. The maximum Gasteiger partial charge on any atom is 0.0593 e. The van der Waals surface area contributed by atoms with E-state index in [0.29, 0.717) is 0 Å². The van der Waals surface area contributed by atoms with Crippen molar-refractivity contribution in [1.29, 1.82) is 0 Å². The lowest BCUT2D eigenvalue weighted by Crippen LogP contribution is -2.43. The molecule has 4 nitrogen and oxygen atoms in total. The molecule has 0 aliphatic heterocycles. The first kappa shape index (κ1) is 17.8. The number of rotatable bonds is 11. The molecular formula is C14H32N2O2. The van der Waals surface area contributed by atoms with Crippen LogP contribution in [0.5, 0.6) is 0 Å². The molecule has 0 fully saturated rings. The molecule has 4 heteroatoms. The van der Waals surface area contributed by atoms with Gasteiger partial charge in [-0.1, -0.05) is 0 Å². The molecular weight excluding hydrogens is 228 g/mol. The Morgan fingerprint density at radius 1 is 0.889 bits per heavy atom. The van der Waals surface area contributed by atoms with Crippen molar-refractivity contribution >= 4 is 0 Å². The highest BCUT2D eigenvalue weighted by Crippen LogP contribution is 1.98. The molecule has 0 aromatic carbocycles. The molecule has 1 N–H and O–H groups in total. The Hall–Kier alpha value is -0.160. The average Bonchev–Trinajstić information content (AvgIpc) is 2.27. The van der Waals surface area contributed by atoms with E-state index >= 15 is 0 Å². The minimum absolute atomic E-state index is 0.186. The van der Waals surface area contributed by atoms with Crippen molar-refractivity contribution in [2.75, 3.05) is 52.6 Å². The largest absolute Gasteiger partial charge is 0.380 e. The smallest absolute Gasteiger partial charge is 0.0593 e. The molecule has 110 valence electrons. The zero-order valence-electron chi connectivity index (χ0n) is 12.9. The molecule has 0 bridgehead atoms. The van der Waals surface area contributed by atoms with E-state index in [1.54, 1.807) is 0 Å². The monoisotopic (exact) mass is 260 g/mol. The highest BCUT2D eigenvalue weighted by atomic mass is 16.5. The summed E-state index contributed by atoms with van der Waals surface area (Å²) in [5.74, 6) is 0. The second-order valence-electron chi connectivity index (χ2n) is 5.41. The Kier molecular flexibility index (Phi) is 10.6. The van der Waals surface area contributed by atoms with E-state index in [1.165, 1.54) is 0 Å². The van der Waals surface area contributed by atoms with E-state index in [4.69, 9.17) is 9.47 Å². The third-order valence-corrected chi connectivity index (χ3v) is 2.60. The Balaban J connectivity index is 3.80. The molecule has 0 atom stereocenters. The van der Waals surface area contributed by atoms with Crippen LogP contribution in [0.4, 0.5) is 0 Å². The van der Waals surface area contributed by atoms with Gasteiger partial charge >= 0.3 is 0 Å². The third-order valence-electron chi connectivity index (χ3n) is 2.60. The van der Waals surface area contributed by atoms with Crippen LogP contribution in [0, 0.1) is 0 Å². The summed E-state index contributed by atoms with van der Waals surface area (Å²) < 4.78 is 10.8. The van der Waals surface area contributed by atoms with Crippen molar-refractivity contribution in [2.45, 2.75) is 40.2 Å². The van der Waals surface area contributed by atoms with Gasteiger partial charge in [0.1, 0.15) is 0 Å². The van der Waals surface area contributed by atoms with Gasteiger partial charge in [-0.2, -0.15) is 0 Å². The molecule has 18 heavy (non-hydrogen) atoms. The Morgan fingerprint density at radius 3 is 1.78 bits per heavy atom. The van der Waals surface area contributed by atoms with Gasteiger partial charge < -0.3 is 14.8 Å². The van der Waals surface area contributed by atoms with E-state index in [-0.39, 0.29) is 5.54 Å². The van der Waals surface area contributed by atoms with Crippen molar-refractivity contribution in [1.82, 2.24) is 10.2 Å². The topological polar surface area (TPSA) is 33.7 Å². The van der Waals surface area contributed by atoms with Crippen LogP contribution in [0.3, 0.4) is 0 Å². The van der Waals surface area contributed by atoms with Gasteiger partial charge in [-0.05, 0) is 34.6 Å². The van der Waals surface area contributed by atoms with E-state index < -0.39 is 0 Å². The molecule has 0 aliphatic carbocycles. The predicted octanol–water partition coefficient (Wildman–Crippen LogP) is 1.75. The van der Waals surface area contributed by atoms with Crippen LogP contribution < -0.4 is 5.32 Å². The van der Waals surface area contributed by atoms with Crippen molar-refractivity contribution in [3.8, 4) is 0 Å². The highest BCUT2D eigenvalue weighted by Gasteiger charge is 2.10. The van der Waals surface area contributed by atoms with Crippen LogP contribution in [0.15, 0.2) is 0 Å². The SMILES string of the molecule is CCOCCN(CCNC(C)(C)C)CCOCC. The maximum atomic E-state index is 5.41. The van der Waals surface area contributed by atoms with Gasteiger partial charge in [0, 0.05) is 44.9 Å². The van der Waals surface area contributed by atoms with E-state index in [0.717, 1.165) is 52.6 Å². The van der Waals surface area contributed by atoms with Crippen LogP contribution in [0.1, 0.15) is 34.6 Å². The quantitative estimate of drug-likeness (QED) is 0.574. The maximum absolute atomic E-state index is 5.41. The molecule has 0 aromatic rings. The number of nitrogens with zero attached hydrogens (tertiary/aromatic N) is 1. The van der Waals surface area contributed by atoms with Crippen LogP contribution >= 0.6 is 0 Å². The number of ether oxygens (including phenoxy) is 2. The van der Waals surface area contributed by atoms with E-state index in [2.05, 4.69) is 31.0 Å². The van der Waals surface area contributed by atoms with E-state index in [9.17, 15) is 0 Å². The minimum Gasteiger partial charge on any atom is -0.380 e. The molecule has 0 aliphatic rings. The molecule has 0 heterocycles. The van der Waals surface area contributed by atoms with Gasteiger partial charge in [-0.15, -0.1) is 0 Å². The third kappa shape index (κ3) is 12.3. The number of hydrogen-bond acceptors (Lipinski definition) is 4. The van der Waals surface area contributed by atoms with Gasteiger partial charge in [-0.25, -0.2) is 0 Å². The van der Waals surface area contributed by atoms with E-state index in [1.807, 2.05) is 13.8 Å². The average molecular weight is 260 g/mol. The minimum atomic E-state index is 0.186. The molecule has 0 amide bonds. The molecule has 0 rings (SSSR count). The normalized spacial score (nSPS) is 12.3. The Morgan fingerprint density at radius 2 is 1.39 bits per heavy atom. The first-order valence-corrected chi connectivity index (χ1v) is 7.12. The van der Waals surface area contributed by atoms with Crippen molar-refractivity contribution in [3.63, 3.8) is 0 Å². The van der Waals surface area contributed by atoms with Gasteiger partial charge in [0.05, 0.1) is 13.2 Å². The first-order chi connectivity index (χ1) is 8.49. The molecule has 0 saturated heterocycles. The summed E-state index contributed by atoms with van der Waals surface area (Å²) in [5.41, 5.74) is 0.186. The van der Waals surface area contributed by atoms with Crippen molar-refractivity contribution < 1.29 is 9.47 Å². The number of hydrogen-bond donors (Lipinski definition) is 1. The summed E-state index contributed by atoms with van der Waals surface area (Å²) in [6.45, 7) is 17.8. The molecule has 0 spiro atoms. The predicted molar refractivity (Wildman–Crippen MR) is 77.2 cm³/mol. The summed E-state index contributed by atoms with van der Waals surface area (Å²) in [7, 11) is 0. The van der Waals surface area contributed by atoms with Crippen molar-refractivity contribution in [3.05, 3.63) is 0 Å². The number of nitrogens with one attached hydrogen (secondary N) is 1. The highest BCUT2D eigenvalue weighted by molar-refractivity contribution is 4.71.